The number of halogens is 1. The van der Waals surface area contributed by atoms with Gasteiger partial charge in [-0.25, -0.2) is 0 Å². The molecule has 0 aromatic heterocycles. The minimum atomic E-state index is -0.597. The molecule has 0 radical (unpaired) electrons. The summed E-state index contributed by atoms with van der Waals surface area (Å²) < 4.78 is 21.4. The summed E-state index contributed by atoms with van der Waals surface area (Å²) in [7, 11) is 6.01. The molecular formula is C31H29ClN2O6S. The molecule has 0 aliphatic carbocycles. The monoisotopic (exact) mass is 592 g/mol. The number of methoxy groups -OCH3 is 4. The number of hydrogen-bond donors (Lipinski definition) is 2. The number of ether oxygens (including phenoxy) is 4. The first kappa shape index (κ1) is 29.6. The van der Waals surface area contributed by atoms with Crippen LogP contribution in [0, 0.1) is 0 Å². The summed E-state index contributed by atoms with van der Waals surface area (Å²) in [5.74, 6) is 1.03. The molecule has 0 spiro atoms. The molecular weight excluding hydrogens is 564 g/mol. The van der Waals surface area contributed by atoms with Crippen LogP contribution in [-0.4, -0.2) is 40.3 Å². The van der Waals surface area contributed by atoms with Crippen LogP contribution in [0.15, 0.2) is 89.8 Å². The molecule has 2 amide bonds. The SMILES string of the molecule is COc1cc(OC)c(NC(=O)C(Sc2ccc(NC(=O)c3c(OC)cccc3OC)cc2)c2ccccc2)cc1Cl. The first-order valence-corrected chi connectivity index (χ1v) is 13.7. The van der Waals surface area contributed by atoms with Gasteiger partial charge in [-0.05, 0) is 48.0 Å². The third kappa shape index (κ3) is 7.06. The van der Waals surface area contributed by atoms with Gasteiger partial charge in [-0.1, -0.05) is 48.0 Å². The maximum Gasteiger partial charge on any atom is 0.263 e. The third-order valence-corrected chi connectivity index (χ3v) is 7.65. The molecule has 0 saturated heterocycles. The summed E-state index contributed by atoms with van der Waals surface area (Å²) in [6.45, 7) is 0. The molecule has 2 N–H and O–H groups in total. The lowest BCUT2D eigenvalue weighted by atomic mass is 10.1. The number of hydrogen-bond acceptors (Lipinski definition) is 7. The molecule has 0 heterocycles. The molecule has 8 nitrogen and oxygen atoms in total. The summed E-state index contributed by atoms with van der Waals surface area (Å²) >= 11 is 7.68. The van der Waals surface area contributed by atoms with Gasteiger partial charge in [-0.15, -0.1) is 11.8 Å². The predicted molar refractivity (Wildman–Crippen MR) is 162 cm³/mol. The van der Waals surface area contributed by atoms with Gasteiger partial charge in [0.05, 0.1) is 39.1 Å². The molecule has 0 aliphatic rings. The Morgan fingerprint density at radius 3 is 1.90 bits per heavy atom. The number of benzene rings is 4. The molecule has 4 rings (SSSR count). The molecule has 4 aromatic rings. The van der Waals surface area contributed by atoms with Crippen molar-refractivity contribution >= 4 is 46.6 Å². The lowest BCUT2D eigenvalue weighted by molar-refractivity contribution is -0.115. The standard InChI is InChI=1S/C31H29ClN2O6S/c1-37-24-11-8-12-25(38-2)28(24)30(35)33-20-13-15-21(16-14-20)41-29(19-9-6-5-7-10-19)31(36)34-23-17-22(32)26(39-3)18-27(23)40-4/h5-18,29H,1-4H3,(H,33,35)(H,34,36). The largest absolute Gasteiger partial charge is 0.496 e. The molecule has 212 valence electrons. The van der Waals surface area contributed by atoms with Crippen LogP contribution in [0.3, 0.4) is 0 Å². The number of carbonyl (C=O) groups is 2. The second kappa shape index (κ2) is 13.8. The minimum absolute atomic E-state index is 0.263. The van der Waals surface area contributed by atoms with Crippen LogP contribution in [-0.2, 0) is 4.79 Å². The Balaban J connectivity index is 1.54. The molecule has 41 heavy (non-hydrogen) atoms. The van der Waals surface area contributed by atoms with Gasteiger partial charge < -0.3 is 29.6 Å². The fraction of sp³-hybridized carbons (Fsp3) is 0.161. The summed E-state index contributed by atoms with van der Waals surface area (Å²) in [6, 6.07) is 25.0. The van der Waals surface area contributed by atoms with Crippen molar-refractivity contribution < 1.29 is 28.5 Å². The van der Waals surface area contributed by atoms with Crippen LogP contribution in [0.4, 0.5) is 11.4 Å². The minimum Gasteiger partial charge on any atom is -0.496 e. The predicted octanol–water partition coefficient (Wildman–Crippen LogP) is 7.10. The summed E-state index contributed by atoms with van der Waals surface area (Å²) in [5, 5.41) is 5.57. The number of amides is 2. The van der Waals surface area contributed by atoms with Gasteiger partial charge in [0.25, 0.3) is 5.91 Å². The van der Waals surface area contributed by atoms with Crippen molar-refractivity contribution in [2.45, 2.75) is 10.1 Å². The first-order valence-electron chi connectivity index (χ1n) is 12.4. The number of anilines is 2. The van der Waals surface area contributed by atoms with E-state index in [2.05, 4.69) is 10.6 Å². The Morgan fingerprint density at radius 2 is 1.32 bits per heavy atom. The molecule has 1 unspecified atom stereocenters. The second-order valence-electron chi connectivity index (χ2n) is 8.60. The Bertz CT molecular complexity index is 1490. The van der Waals surface area contributed by atoms with Gasteiger partial charge in [0.1, 0.15) is 33.8 Å². The van der Waals surface area contributed by atoms with Crippen LogP contribution >= 0.6 is 23.4 Å². The number of rotatable bonds is 11. The second-order valence-corrected chi connectivity index (χ2v) is 10.2. The van der Waals surface area contributed by atoms with Gasteiger partial charge in [0.2, 0.25) is 5.91 Å². The normalized spacial score (nSPS) is 11.2. The van der Waals surface area contributed by atoms with E-state index in [-0.39, 0.29) is 11.8 Å². The van der Waals surface area contributed by atoms with Crippen LogP contribution in [0.5, 0.6) is 23.0 Å². The van der Waals surface area contributed by atoms with E-state index in [0.717, 1.165) is 10.5 Å². The number of thioether (sulfide) groups is 1. The van der Waals surface area contributed by atoms with E-state index in [0.29, 0.717) is 45.0 Å². The van der Waals surface area contributed by atoms with Crippen molar-refractivity contribution in [3.63, 3.8) is 0 Å². The highest BCUT2D eigenvalue weighted by atomic mass is 35.5. The zero-order valence-corrected chi connectivity index (χ0v) is 24.5. The Hall–Kier alpha value is -4.34. The lowest BCUT2D eigenvalue weighted by Crippen LogP contribution is -2.19. The van der Waals surface area contributed by atoms with E-state index >= 15 is 0 Å². The van der Waals surface area contributed by atoms with Gasteiger partial charge in [0.15, 0.2) is 0 Å². The number of carbonyl (C=O) groups excluding carboxylic acids is 2. The van der Waals surface area contributed by atoms with Gasteiger partial charge in [-0.3, -0.25) is 9.59 Å². The van der Waals surface area contributed by atoms with Crippen molar-refractivity contribution in [2.24, 2.45) is 0 Å². The van der Waals surface area contributed by atoms with Crippen LogP contribution < -0.4 is 29.6 Å². The Kier molecular flexibility index (Phi) is 10.00. The third-order valence-electron chi connectivity index (χ3n) is 6.09. The Morgan fingerprint density at radius 1 is 0.707 bits per heavy atom. The lowest BCUT2D eigenvalue weighted by Gasteiger charge is -2.19. The maximum absolute atomic E-state index is 13.6. The molecule has 1 atom stereocenters. The highest BCUT2D eigenvalue weighted by Gasteiger charge is 2.24. The van der Waals surface area contributed by atoms with Gasteiger partial charge in [-0.2, -0.15) is 0 Å². The summed E-state index contributed by atoms with van der Waals surface area (Å²) in [5.41, 5.74) is 2.11. The molecule has 0 saturated carbocycles. The average Bonchev–Trinajstić information content (AvgIpc) is 3.00. The quantitative estimate of drug-likeness (QED) is 0.179. The van der Waals surface area contributed by atoms with E-state index in [9.17, 15) is 9.59 Å². The van der Waals surface area contributed by atoms with Crippen LogP contribution in [0.2, 0.25) is 5.02 Å². The topological polar surface area (TPSA) is 95.1 Å². The summed E-state index contributed by atoms with van der Waals surface area (Å²) in [4.78, 5) is 27.5. The highest BCUT2D eigenvalue weighted by Crippen LogP contribution is 2.40. The van der Waals surface area contributed by atoms with Gasteiger partial charge in [0, 0.05) is 16.6 Å². The number of nitrogens with one attached hydrogen (secondary N) is 2. The van der Waals surface area contributed by atoms with Gasteiger partial charge >= 0.3 is 0 Å². The zero-order chi connectivity index (χ0) is 29.4. The van der Waals surface area contributed by atoms with E-state index in [1.54, 1.807) is 42.5 Å². The van der Waals surface area contributed by atoms with E-state index in [4.69, 9.17) is 30.5 Å². The highest BCUT2D eigenvalue weighted by molar-refractivity contribution is 8.00. The first-order chi connectivity index (χ1) is 19.9. The van der Waals surface area contributed by atoms with E-state index < -0.39 is 5.25 Å². The van der Waals surface area contributed by atoms with Crippen molar-refractivity contribution in [2.75, 3.05) is 39.1 Å². The maximum atomic E-state index is 13.6. The zero-order valence-electron chi connectivity index (χ0n) is 22.9. The van der Waals surface area contributed by atoms with Crippen molar-refractivity contribution in [3.05, 3.63) is 101 Å². The Labute approximate surface area is 247 Å². The van der Waals surface area contributed by atoms with Crippen molar-refractivity contribution in [1.82, 2.24) is 0 Å². The van der Waals surface area contributed by atoms with E-state index in [1.807, 2.05) is 42.5 Å². The van der Waals surface area contributed by atoms with Crippen molar-refractivity contribution in [1.29, 1.82) is 0 Å². The summed E-state index contributed by atoms with van der Waals surface area (Å²) in [6.07, 6.45) is 0. The smallest absolute Gasteiger partial charge is 0.263 e. The molecule has 10 heteroatoms. The van der Waals surface area contributed by atoms with Crippen LogP contribution in [0.1, 0.15) is 21.2 Å². The molecule has 4 aromatic carbocycles. The molecule has 0 fully saturated rings. The van der Waals surface area contributed by atoms with Crippen molar-refractivity contribution in [3.8, 4) is 23.0 Å². The van der Waals surface area contributed by atoms with E-state index in [1.165, 1.54) is 40.2 Å². The molecule has 0 aliphatic heterocycles. The molecule has 0 bridgehead atoms. The fourth-order valence-electron chi connectivity index (χ4n) is 4.08. The van der Waals surface area contributed by atoms with Crippen LogP contribution in [0.25, 0.3) is 0 Å². The fourth-order valence-corrected chi connectivity index (χ4v) is 5.34. The average molecular weight is 593 g/mol.